The molecule has 0 aliphatic rings. The predicted octanol–water partition coefficient (Wildman–Crippen LogP) is 0.827. The number of hydrogen-bond acceptors (Lipinski definition) is 4. The highest BCUT2D eigenvalue weighted by Crippen LogP contribution is 2.17. The molecule has 2 heterocycles. The number of carboxylic acids is 1. The molecule has 1 amide bonds. The summed E-state index contributed by atoms with van der Waals surface area (Å²) in [5.74, 6) is -1.73. The van der Waals surface area contributed by atoms with Crippen LogP contribution in [0.4, 0.5) is 0 Å². The van der Waals surface area contributed by atoms with E-state index < -0.39 is 11.9 Å². The molecule has 0 atom stereocenters. The number of hydrogen-bond donors (Lipinski definition) is 2. The number of aromatic nitrogens is 3. The second kappa shape index (κ2) is 4.57. The Morgan fingerprint density at radius 2 is 2.17 bits per heavy atom. The van der Waals surface area contributed by atoms with Crippen molar-refractivity contribution in [3.8, 4) is 5.82 Å². The van der Waals surface area contributed by atoms with Gasteiger partial charge in [0.25, 0.3) is 5.91 Å². The first-order chi connectivity index (χ1) is 8.49. The summed E-state index contributed by atoms with van der Waals surface area (Å²) in [7, 11) is 0. The molecule has 7 nitrogen and oxygen atoms in total. The zero-order valence-electron chi connectivity index (χ0n) is 8.87. The van der Waals surface area contributed by atoms with Crippen LogP contribution in [0, 0.1) is 0 Å². The highest BCUT2D eigenvalue weighted by molar-refractivity contribution is 9.10. The van der Waals surface area contributed by atoms with Crippen LogP contribution in [0.25, 0.3) is 5.82 Å². The summed E-state index contributed by atoms with van der Waals surface area (Å²) in [6.45, 7) is 0. The second-order valence-corrected chi connectivity index (χ2v) is 4.26. The van der Waals surface area contributed by atoms with E-state index in [1.165, 1.54) is 29.2 Å². The summed E-state index contributed by atoms with van der Waals surface area (Å²) in [5, 5.41) is 12.9. The number of rotatable bonds is 3. The maximum atomic E-state index is 11.1. The number of carbonyl (C=O) groups excluding carboxylic acids is 1. The van der Waals surface area contributed by atoms with Gasteiger partial charge in [0.05, 0.1) is 0 Å². The second-order valence-electron chi connectivity index (χ2n) is 3.34. The number of halogens is 1. The normalized spacial score (nSPS) is 10.3. The molecular weight excluding hydrogens is 304 g/mol. The lowest BCUT2D eigenvalue weighted by molar-refractivity contribution is 0.0696. The van der Waals surface area contributed by atoms with Gasteiger partial charge in [-0.3, -0.25) is 4.79 Å². The van der Waals surface area contributed by atoms with Gasteiger partial charge in [-0.05, 0) is 28.1 Å². The van der Waals surface area contributed by atoms with Crippen LogP contribution in [0.3, 0.4) is 0 Å². The molecule has 18 heavy (non-hydrogen) atoms. The number of nitrogens with two attached hydrogens (primary N) is 1. The monoisotopic (exact) mass is 310 g/mol. The van der Waals surface area contributed by atoms with Crippen LogP contribution in [0.5, 0.6) is 0 Å². The van der Waals surface area contributed by atoms with Crippen LogP contribution in [0.15, 0.2) is 29.0 Å². The van der Waals surface area contributed by atoms with E-state index in [4.69, 9.17) is 10.8 Å². The number of primary amides is 1. The number of carboxylic acid groups (broad SMARTS) is 1. The summed E-state index contributed by atoms with van der Waals surface area (Å²) in [5.41, 5.74) is 5.07. The van der Waals surface area contributed by atoms with Crippen LogP contribution >= 0.6 is 15.9 Å². The van der Waals surface area contributed by atoms with Crippen molar-refractivity contribution in [3.05, 3.63) is 40.3 Å². The van der Waals surface area contributed by atoms with Gasteiger partial charge in [-0.15, -0.1) is 0 Å². The smallest absolute Gasteiger partial charge is 0.339 e. The predicted molar refractivity (Wildman–Crippen MR) is 64.5 cm³/mol. The quantitative estimate of drug-likeness (QED) is 0.872. The van der Waals surface area contributed by atoms with Crippen LogP contribution in [-0.4, -0.2) is 31.7 Å². The summed E-state index contributed by atoms with van der Waals surface area (Å²) in [6, 6.07) is 2.79. The Bertz CT molecular complexity index is 638. The molecule has 2 aromatic rings. The Kier molecular flexibility index (Phi) is 3.11. The minimum absolute atomic E-state index is 0.0380. The van der Waals surface area contributed by atoms with E-state index in [-0.39, 0.29) is 17.1 Å². The number of aromatic carboxylic acids is 1. The molecule has 92 valence electrons. The first kappa shape index (κ1) is 12.2. The van der Waals surface area contributed by atoms with E-state index in [1.54, 1.807) is 0 Å². The van der Waals surface area contributed by atoms with Gasteiger partial charge in [0.2, 0.25) is 0 Å². The fourth-order valence-corrected chi connectivity index (χ4v) is 1.68. The fourth-order valence-electron chi connectivity index (χ4n) is 1.35. The Balaban J connectivity index is 2.55. The summed E-state index contributed by atoms with van der Waals surface area (Å²) < 4.78 is 1.72. The molecule has 0 bridgehead atoms. The van der Waals surface area contributed by atoms with E-state index in [1.807, 2.05) is 0 Å². The highest BCUT2D eigenvalue weighted by atomic mass is 79.9. The van der Waals surface area contributed by atoms with Crippen molar-refractivity contribution in [3.63, 3.8) is 0 Å². The molecule has 0 fully saturated rings. The lowest BCUT2D eigenvalue weighted by Gasteiger charge is -2.04. The molecule has 3 N–H and O–H groups in total. The molecule has 2 rings (SSSR count). The summed E-state index contributed by atoms with van der Waals surface area (Å²) in [4.78, 5) is 26.0. The Labute approximate surface area is 109 Å². The zero-order chi connectivity index (χ0) is 13.3. The van der Waals surface area contributed by atoms with Crippen molar-refractivity contribution in [2.45, 2.75) is 0 Å². The number of amides is 1. The molecule has 8 heteroatoms. The van der Waals surface area contributed by atoms with Crippen molar-refractivity contribution >= 4 is 27.8 Å². The third-order valence-corrected chi connectivity index (χ3v) is 2.56. The molecule has 2 aromatic heterocycles. The molecule has 0 aliphatic heterocycles. The lowest BCUT2D eigenvalue weighted by Crippen LogP contribution is -2.13. The topological polar surface area (TPSA) is 111 Å². The van der Waals surface area contributed by atoms with E-state index in [2.05, 4.69) is 26.0 Å². The Morgan fingerprint density at radius 1 is 1.44 bits per heavy atom. The van der Waals surface area contributed by atoms with Gasteiger partial charge in [0.15, 0.2) is 5.82 Å². The van der Waals surface area contributed by atoms with Gasteiger partial charge < -0.3 is 10.8 Å². The average Bonchev–Trinajstić information content (AvgIpc) is 2.78. The molecule has 0 saturated carbocycles. The van der Waals surface area contributed by atoms with Crippen molar-refractivity contribution in [2.75, 3.05) is 0 Å². The Hall–Kier alpha value is -2.22. The van der Waals surface area contributed by atoms with Gasteiger partial charge in [-0.1, -0.05) is 0 Å². The van der Waals surface area contributed by atoms with Gasteiger partial charge in [-0.25, -0.2) is 14.5 Å². The maximum absolute atomic E-state index is 11.1. The Morgan fingerprint density at radius 3 is 2.72 bits per heavy atom. The van der Waals surface area contributed by atoms with Gasteiger partial charge >= 0.3 is 5.97 Å². The number of carbonyl (C=O) groups is 2. The van der Waals surface area contributed by atoms with Crippen LogP contribution in [0.1, 0.15) is 20.8 Å². The molecule has 0 radical (unpaired) electrons. The van der Waals surface area contributed by atoms with Crippen molar-refractivity contribution < 1.29 is 14.7 Å². The maximum Gasteiger partial charge on any atom is 0.339 e. The highest BCUT2D eigenvalue weighted by Gasteiger charge is 2.15. The van der Waals surface area contributed by atoms with Crippen molar-refractivity contribution in [2.24, 2.45) is 5.73 Å². The largest absolute Gasteiger partial charge is 0.478 e. The third-order valence-electron chi connectivity index (χ3n) is 2.12. The van der Waals surface area contributed by atoms with E-state index in [0.29, 0.717) is 4.47 Å². The third kappa shape index (κ3) is 2.23. The summed E-state index contributed by atoms with van der Waals surface area (Å²) in [6.07, 6.45) is 2.86. The minimum atomic E-state index is -1.14. The first-order valence-corrected chi connectivity index (χ1v) is 5.53. The van der Waals surface area contributed by atoms with Gasteiger partial charge in [0, 0.05) is 16.9 Å². The van der Waals surface area contributed by atoms with Crippen LogP contribution < -0.4 is 5.73 Å². The molecule has 0 aliphatic carbocycles. The number of pyridine rings is 1. The van der Waals surface area contributed by atoms with Gasteiger partial charge in [0.1, 0.15) is 11.3 Å². The lowest BCUT2D eigenvalue weighted by atomic mass is 10.2. The standard InChI is InChI=1S/C10H7BrN4O3/c11-5-3-6(10(17)18)9(13-4-5)15-2-1-7(14-15)8(12)16/h1-4H,(H2,12,16)(H,17,18). The molecular formula is C10H7BrN4O3. The van der Waals surface area contributed by atoms with E-state index in [9.17, 15) is 9.59 Å². The molecule has 0 aromatic carbocycles. The zero-order valence-corrected chi connectivity index (χ0v) is 10.5. The number of nitrogens with zero attached hydrogens (tertiary/aromatic N) is 3. The van der Waals surface area contributed by atoms with E-state index >= 15 is 0 Å². The van der Waals surface area contributed by atoms with Crippen molar-refractivity contribution in [1.29, 1.82) is 0 Å². The molecule has 0 spiro atoms. The SMILES string of the molecule is NC(=O)c1ccn(-c2ncc(Br)cc2C(=O)O)n1. The summed E-state index contributed by atoms with van der Waals surface area (Å²) >= 11 is 3.14. The first-order valence-electron chi connectivity index (χ1n) is 4.73. The van der Waals surface area contributed by atoms with Crippen LogP contribution in [0.2, 0.25) is 0 Å². The average molecular weight is 311 g/mol. The van der Waals surface area contributed by atoms with Crippen LogP contribution in [-0.2, 0) is 0 Å². The van der Waals surface area contributed by atoms with E-state index in [0.717, 1.165) is 0 Å². The molecule has 0 unspecified atom stereocenters. The van der Waals surface area contributed by atoms with Gasteiger partial charge in [-0.2, -0.15) is 5.10 Å². The minimum Gasteiger partial charge on any atom is -0.478 e. The fraction of sp³-hybridized carbons (Fsp3) is 0. The molecule has 0 saturated heterocycles. The van der Waals surface area contributed by atoms with Crippen molar-refractivity contribution in [1.82, 2.24) is 14.8 Å².